The maximum Gasteiger partial charge on any atom is 0.191 e. The molecule has 1 aromatic rings. The molecule has 24 heavy (non-hydrogen) atoms. The lowest BCUT2D eigenvalue weighted by molar-refractivity contribution is 0.223. The van der Waals surface area contributed by atoms with Gasteiger partial charge in [0.05, 0.1) is 6.54 Å². The second kappa shape index (κ2) is 13.2. The number of hydrogen-bond donors (Lipinski definition) is 2. The third-order valence-electron chi connectivity index (χ3n) is 3.53. The number of rotatable bonds is 9. The van der Waals surface area contributed by atoms with Crippen molar-refractivity contribution in [1.29, 1.82) is 0 Å². The summed E-state index contributed by atoms with van der Waals surface area (Å²) in [7, 11) is 1.74. The molecule has 1 unspecified atom stereocenters. The molecule has 0 saturated heterocycles. The van der Waals surface area contributed by atoms with Crippen molar-refractivity contribution in [3.05, 3.63) is 30.1 Å². The minimum absolute atomic E-state index is 0. The van der Waals surface area contributed by atoms with Crippen LogP contribution in [0.25, 0.3) is 0 Å². The molecule has 0 heterocycles. The van der Waals surface area contributed by atoms with E-state index < -0.39 is 0 Å². The van der Waals surface area contributed by atoms with Crippen molar-refractivity contribution < 1.29 is 9.13 Å². The summed E-state index contributed by atoms with van der Waals surface area (Å²) < 4.78 is 18.8. The van der Waals surface area contributed by atoms with E-state index in [1.807, 2.05) is 6.92 Å². The van der Waals surface area contributed by atoms with Crippen LogP contribution in [0.15, 0.2) is 29.3 Å². The fourth-order valence-electron chi connectivity index (χ4n) is 2.15. The average molecular weight is 452 g/mol. The lowest BCUT2D eigenvalue weighted by Gasteiger charge is -2.20. The number of nitrogens with one attached hydrogen (secondary N) is 2. The zero-order chi connectivity index (χ0) is 17.1. The molecule has 0 fully saturated rings. The number of guanidine groups is 1. The summed E-state index contributed by atoms with van der Waals surface area (Å²) in [6, 6.07) is 6.17. The lowest BCUT2D eigenvalue weighted by atomic mass is 10.3. The molecule has 0 aliphatic heterocycles. The molecule has 2 N–H and O–H groups in total. The largest absolute Gasteiger partial charge is 0.489 e. The van der Waals surface area contributed by atoms with Gasteiger partial charge in [-0.1, -0.05) is 19.9 Å². The number of benzene rings is 1. The highest BCUT2D eigenvalue weighted by atomic mass is 127. The molecule has 0 radical (unpaired) electrons. The molecular formula is C17H30FIN4O. The van der Waals surface area contributed by atoms with E-state index in [4.69, 9.17) is 4.74 Å². The zero-order valence-electron chi connectivity index (χ0n) is 15.0. The van der Waals surface area contributed by atoms with Crippen LogP contribution in [0, 0.1) is 5.82 Å². The summed E-state index contributed by atoms with van der Waals surface area (Å²) in [6.45, 7) is 10.7. The molecular weight excluding hydrogens is 422 g/mol. The predicted molar refractivity (Wildman–Crippen MR) is 109 cm³/mol. The van der Waals surface area contributed by atoms with Crippen LogP contribution in [0.5, 0.6) is 5.75 Å². The van der Waals surface area contributed by atoms with E-state index in [9.17, 15) is 4.39 Å². The maximum absolute atomic E-state index is 13.1. The fraction of sp³-hybridized carbons (Fsp3) is 0.588. The molecule has 1 rings (SSSR count). The molecule has 0 aromatic heterocycles. The summed E-state index contributed by atoms with van der Waals surface area (Å²) in [5, 5.41) is 6.49. The number of nitrogens with zero attached hydrogens (tertiary/aromatic N) is 2. The van der Waals surface area contributed by atoms with E-state index in [-0.39, 0.29) is 35.9 Å². The lowest BCUT2D eigenvalue weighted by Crippen LogP contribution is -2.44. The Morgan fingerprint density at radius 1 is 1.29 bits per heavy atom. The summed E-state index contributed by atoms with van der Waals surface area (Å²) in [6.07, 6.45) is -0.0990. The van der Waals surface area contributed by atoms with Crippen LogP contribution >= 0.6 is 24.0 Å². The van der Waals surface area contributed by atoms with Gasteiger partial charge < -0.3 is 20.3 Å². The molecule has 0 amide bonds. The Kier molecular flexibility index (Phi) is 12.6. The molecule has 0 aliphatic rings. The first kappa shape index (κ1) is 22.9. The number of ether oxygens (including phenoxy) is 1. The van der Waals surface area contributed by atoms with Crippen molar-refractivity contribution >= 4 is 29.9 Å². The number of halogens is 2. The minimum Gasteiger partial charge on any atom is -0.489 e. The standard InChI is InChI=1S/C17H29FN4O.HI/c1-5-22(6-2)11-10-20-17(19-4)21-13-14(3)23-16-9-7-8-15(18)12-16;/h7-9,12,14H,5-6,10-11,13H2,1-4H3,(H2,19,20,21);1H. The van der Waals surface area contributed by atoms with Gasteiger partial charge in [0.25, 0.3) is 0 Å². The van der Waals surface area contributed by atoms with Crippen molar-refractivity contribution in [3.63, 3.8) is 0 Å². The number of likely N-dealkylation sites (N-methyl/N-ethyl adjacent to an activating group) is 1. The Morgan fingerprint density at radius 2 is 2.00 bits per heavy atom. The second-order valence-corrected chi connectivity index (χ2v) is 5.29. The molecule has 1 aromatic carbocycles. The first-order valence-corrected chi connectivity index (χ1v) is 8.18. The molecule has 0 bridgehead atoms. The molecule has 1 atom stereocenters. The van der Waals surface area contributed by atoms with Crippen molar-refractivity contribution in [2.24, 2.45) is 4.99 Å². The summed E-state index contributed by atoms with van der Waals surface area (Å²) in [4.78, 5) is 6.53. The second-order valence-electron chi connectivity index (χ2n) is 5.29. The Hall–Kier alpha value is -1.09. The summed E-state index contributed by atoms with van der Waals surface area (Å²) >= 11 is 0. The summed E-state index contributed by atoms with van der Waals surface area (Å²) in [5.74, 6) is 0.979. The minimum atomic E-state index is -0.295. The van der Waals surface area contributed by atoms with E-state index in [0.29, 0.717) is 12.3 Å². The highest BCUT2D eigenvalue weighted by Crippen LogP contribution is 2.13. The van der Waals surface area contributed by atoms with E-state index in [2.05, 4.69) is 34.4 Å². The van der Waals surface area contributed by atoms with Crippen LogP contribution in [0.3, 0.4) is 0 Å². The van der Waals surface area contributed by atoms with Crippen LogP contribution in [0.2, 0.25) is 0 Å². The molecule has 7 heteroatoms. The van der Waals surface area contributed by atoms with Gasteiger partial charge >= 0.3 is 0 Å². The molecule has 0 aliphatic carbocycles. The van der Waals surface area contributed by atoms with Gasteiger partial charge in [0.2, 0.25) is 0 Å². The zero-order valence-corrected chi connectivity index (χ0v) is 17.3. The van der Waals surface area contributed by atoms with E-state index >= 15 is 0 Å². The van der Waals surface area contributed by atoms with Gasteiger partial charge in [-0.05, 0) is 32.1 Å². The Bertz CT molecular complexity index is 483. The first-order valence-electron chi connectivity index (χ1n) is 8.18. The van der Waals surface area contributed by atoms with Crippen LogP contribution in [0.1, 0.15) is 20.8 Å². The predicted octanol–water partition coefficient (Wildman–Crippen LogP) is 2.72. The van der Waals surface area contributed by atoms with Crippen LogP contribution < -0.4 is 15.4 Å². The first-order chi connectivity index (χ1) is 11.1. The molecule has 0 saturated carbocycles. The highest BCUT2D eigenvalue weighted by molar-refractivity contribution is 14.0. The van der Waals surface area contributed by atoms with Gasteiger partial charge in [0.1, 0.15) is 17.7 Å². The van der Waals surface area contributed by atoms with Gasteiger partial charge in [0.15, 0.2) is 5.96 Å². The van der Waals surface area contributed by atoms with Crippen LogP contribution in [0.4, 0.5) is 4.39 Å². The third-order valence-corrected chi connectivity index (χ3v) is 3.53. The van der Waals surface area contributed by atoms with Crippen molar-refractivity contribution in [1.82, 2.24) is 15.5 Å². The quantitative estimate of drug-likeness (QED) is 0.344. The van der Waals surface area contributed by atoms with Crippen molar-refractivity contribution in [3.8, 4) is 5.75 Å². The van der Waals surface area contributed by atoms with Gasteiger partial charge in [0, 0.05) is 26.2 Å². The number of aliphatic imine (C=N–C) groups is 1. The normalized spacial score (nSPS) is 12.5. The van der Waals surface area contributed by atoms with Gasteiger partial charge in [-0.15, -0.1) is 24.0 Å². The van der Waals surface area contributed by atoms with Crippen LogP contribution in [-0.4, -0.2) is 56.7 Å². The molecule has 138 valence electrons. The SMILES string of the molecule is CCN(CC)CCNC(=NC)NCC(C)Oc1cccc(F)c1.I. The fourth-order valence-corrected chi connectivity index (χ4v) is 2.15. The van der Waals surface area contributed by atoms with E-state index in [1.54, 1.807) is 19.2 Å². The number of hydrogen-bond acceptors (Lipinski definition) is 3. The monoisotopic (exact) mass is 452 g/mol. The highest BCUT2D eigenvalue weighted by Gasteiger charge is 2.06. The average Bonchev–Trinajstić information content (AvgIpc) is 2.54. The van der Waals surface area contributed by atoms with Gasteiger partial charge in [-0.3, -0.25) is 4.99 Å². The smallest absolute Gasteiger partial charge is 0.191 e. The third kappa shape index (κ3) is 9.27. The maximum atomic E-state index is 13.1. The van der Waals surface area contributed by atoms with E-state index in [0.717, 1.165) is 32.1 Å². The van der Waals surface area contributed by atoms with Gasteiger partial charge in [-0.25, -0.2) is 4.39 Å². The van der Waals surface area contributed by atoms with E-state index in [1.165, 1.54) is 12.1 Å². The molecule has 5 nitrogen and oxygen atoms in total. The van der Waals surface area contributed by atoms with Crippen molar-refractivity contribution in [2.75, 3.05) is 39.8 Å². The Labute approximate surface area is 162 Å². The Morgan fingerprint density at radius 3 is 2.58 bits per heavy atom. The molecule has 0 spiro atoms. The summed E-state index contributed by atoms with van der Waals surface area (Å²) in [5.41, 5.74) is 0. The van der Waals surface area contributed by atoms with Crippen LogP contribution in [-0.2, 0) is 0 Å². The van der Waals surface area contributed by atoms with Crippen molar-refractivity contribution in [2.45, 2.75) is 26.9 Å². The van der Waals surface area contributed by atoms with Gasteiger partial charge in [-0.2, -0.15) is 0 Å². The Balaban J connectivity index is 0.00000529. The topological polar surface area (TPSA) is 48.9 Å².